The molecule has 138 valence electrons. The number of hydrogen-bond donors (Lipinski definition) is 0. The number of benzene rings is 3. The zero-order chi connectivity index (χ0) is 19.2. The molecule has 0 saturated heterocycles. The van der Waals surface area contributed by atoms with Gasteiger partial charge in [-0.3, -0.25) is 4.79 Å². The first-order valence-corrected chi connectivity index (χ1v) is 8.85. The molecule has 0 saturated carbocycles. The topological polar surface area (TPSA) is 35.5 Å². The van der Waals surface area contributed by atoms with Crippen LogP contribution in [0, 0.1) is 5.82 Å². The average Bonchev–Trinajstić information content (AvgIpc) is 2.69. The van der Waals surface area contributed by atoms with Crippen molar-refractivity contribution in [2.75, 3.05) is 0 Å². The second-order valence-electron chi connectivity index (χ2n) is 6.21. The molecule has 0 unspecified atom stereocenters. The Hall–Kier alpha value is -3.14. The van der Waals surface area contributed by atoms with E-state index in [-0.39, 0.29) is 11.5 Å². The Morgan fingerprint density at radius 3 is 2.30 bits per heavy atom. The molecule has 27 heavy (non-hydrogen) atoms. The highest BCUT2D eigenvalue weighted by molar-refractivity contribution is 5.94. The molecule has 0 atom stereocenters. The normalized spacial score (nSPS) is 10.5. The first-order valence-electron chi connectivity index (χ1n) is 8.85. The van der Waals surface area contributed by atoms with Crippen molar-refractivity contribution in [3.05, 3.63) is 89.2 Å². The van der Waals surface area contributed by atoms with Crippen molar-refractivity contribution in [2.24, 2.45) is 0 Å². The fourth-order valence-corrected chi connectivity index (χ4v) is 2.63. The quantitative estimate of drug-likeness (QED) is 0.485. The van der Waals surface area contributed by atoms with Gasteiger partial charge in [0.2, 0.25) is 0 Å². The molecule has 3 aromatic rings. The Morgan fingerprint density at radius 1 is 0.889 bits per heavy atom. The lowest BCUT2D eigenvalue weighted by Crippen LogP contribution is -2.00. The molecule has 0 aliphatic heterocycles. The summed E-state index contributed by atoms with van der Waals surface area (Å²) in [5, 5.41) is 0. The van der Waals surface area contributed by atoms with Crippen molar-refractivity contribution in [2.45, 2.75) is 26.9 Å². The summed E-state index contributed by atoms with van der Waals surface area (Å²) in [6.07, 6.45) is 0.851. The second-order valence-corrected chi connectivity index (χ2v) is 6.21. The molecule has 0 aromatic heterocycles. The van der Waals surface area contributed by atoms with Crippen molar-refractivity contribution < 1.29 is 18.7 Å². The van der Waals surface area contributed by atoms with E-state index in [9.17, 15) is 9.18 Å². The Labute approximate surface area is 158 Å². The molecule has 0 spiro atoms. The van der Waals surface area contributed by atoms with Crippen LogP contribution < -0.4 is 9.47 Å². The summed E-state index contributed by atoms with van der Waals surface area (Å²) in [7, 11) is 0. The van der Waals surface area contributed by atoms with Crippen LogP contribution in [0.25, 0.3) is 0 Å². The van der Waals surface area contributed by atoms with Gasteiger partial charge in [-0.15, -0.1) is 0 Å². The third-order valence-electron chi connectivity index (χ3n) is 4.21. The van der Waals surface area contributed by atoms with Crippen molar-refractivity contribution in [3.8, 4) is 17.2 Å². The standard InChI is InChI=1S/C23H21FO3/c1-3-17-9-11-22(23(13-17)26-15-18-7-5-4-6-8-18)27-21-12-10-19(16(2)25)14-20(21)24/h4-14H,3,15H2,1-2H3. The van der Waals surface area contributed by atoms with Crippen LogP contribution in [0.1, 0.15) is 35.3 Å². The highest BCUT2D eigenvalue weighted by Crippen LogP contribution is 2.34. The minimum absolute atomic E-state index is 0.0498. The van der Waals surface area contributed by atoms with E-state index in [0.29, 0.717) is 23.7 Å². The SMILES string of the molecule is CCc1ccc(Oc2ccc(C(C)=O)cc2F)c(OCc2ccccc2)c1. The molecule has 0 N–H and O–H groups in total. The fourth-order valence-electron chi connectivity index (χ4n) is 2.63. The van der Waals surface area contributed by atoms with Gasteiger partial charge in [-0.2, -0.15) is 0 Å². The molecule has 0 aliphatic rings. The predicted molar refractivity (Wildman–Crippen MR) is 103 cm³/mol. The van der Waals surface area contributed by atoms with Crippen LogP contribution in [-0.4, -0.2) is 5.78 Å². The smallest absolute Gasteiger partial charge is 0.169 e. The summed E-state index contributed by atoms with van der Waals surface area (Å²) in [5.74, 6) is 0.246. The summed E-state index contributed by atoms with van der Waals surface area (Å²) in [4.78, 5) is 11.4. The summed E-state index contributed by atoms with van der Waals surface area (Å²) in [6, 6.07) is 19.6. The Bertz CT molecular complexity index is 936. The monoisotopic (exact) mass is 364 g/mol. The number of halogens is 1. The number of ether oxygens (including phenoxy) is 2. The number of rotatable bonds is 7. The molecule has 0 amide bonds. The zero-order valence-corrected chi connectivity index (χ0v) is 15.4. The fraction of sp³-hybridized carbons (Fsp3) is 0.174. The summed E-state index contributed by atoms with van der Waals surface area (Å²) in [5.41, 5.74) is 2.43. The summed E-state index contributed by atoms with van der Waals surface area (Å²) in [6.45, 7) is 3.83. The molecule has 0 heterocycles. The lowest BCUT2D eigenvalue weighted by Gasteiger charge is -2.14. The van der Waals surface area contributed by atoms with Crippen LogP contribution in [0.3, 0.4) is 0 Å². The molecule has 4 heteroatoms. The van der Waals surface area contributed by atoms with E-state index in [4.69, 9.17) is 9.47 Å². The first kappa shape index (κ1) is 18.6. The molecular weight excluding hydrogens is 343 g/mol. The Kier molecular flexibility index (Phi) is 5.87. The van der Waals surface area contributed by atoms with Gasteiger partial charge < -0.3 is 9.47 Å². The maximum absolute atomic E-state index is 14.3. The number of Topliss-reactive ketones (excluding diaryl/α,β-unsaturated/α-hetero) is 1. The van der Waals surface area contributed by atoms with Crippen LogP contribution >= 0.6 is 0 Å². The molecule has 3 nitrogen and oxygen atoms in total. The third kappa shape index (κ3) is 4.73. The van der Waals surface area contributed by atoms with Crippen LogP contribution in [-0.2, 0) is 13.0 Å². The molecule has 3 aromatic carbocycles. The van der Waals surface area contributed by atoms with E-state index < -0.39 is 5.82 Å². The van der Waals surface area contributed by atoms with E-state index in [2.05, 4.69) is 6.92 Å². The highest BCUT2D eigenvalue weighted by Gasteiger charge is 2.13. The van der Waals surface area contributed by atoms with Crippen LogP contribution in [0.5, 0.6) is 17.2 Å². The minimum Gasteiger partial charge on any atom is -0.485 e. The van der Waals surface area contributed by atoms with Crippen molar-refractivity contribution in [3.63, 3.8) is 0 Å². The number of aryl methyl sites for hydroxylation is 1. The van der Waals surface area contributed by atoms with E-state index in [1.54, 1.807) is 12.1 Å². The Balaban J connectivity index is 1.85. The number of carbonyl (C=O) groups is 1. The highest BCUT2D eigenvalue weighted by atomic mass is 19.1. The van der Waals surface area contributed by atoms with Crippen molar-refractivity contribution in [1.82, 2.24) is 0 Å². The third-order valence-corrected chi connectivity index (χ3v) is 4.21. The second kappa shape index (κ2) is 8.49. The maximum Gasteiger partial charge on any atom is 0.169 e. The van der Waals surface area contributed by atoms with Gasteiger partial charge in [-0.05, 0) is 54.8 Å². The molecule has 0 radical (unpaired) electrons. The summed E-state index contributed by atoms with van der Waals surface area (Å²) >= 11 is 0. The van der Waals surface area contributed by atoms with Gasteiger partial charge in [-0.1, -0.05) is 43.3 Å². The van der Waals surface area contributed by atoms with Crippen LogP contribution in [0.4, 0.5) is 4.39 Å². The van der Waals surface area contributed by atoms with Gasteiger partial charge in [0.05, 0.1) is 0 Å². The van der Waals surface area contributed by atoms with Gasteiger partial charge >= 0.3 is 0 Å². The van der Waals surface area contributed by atoms with Gasteiger partial charge in [0.25, 0.3) is 0 Å². The lowest BCUT2D eigenvalue weighted by atomic mass is 10.1. The number of ketones is 1. The van der Waals surface area contributed by atoms with E-state index in [0.717, 1.165) is 17.5 Å². The maximum atomic E-state index is 14.3. The molecule has 3 rings (SSSR count). The van der Waals surface area contributed by atoms with Gasteiger partial charge in [0, 0.05) is 5.56 Å². The minimum atomic E-state index is -0.587. The molecule has 0 aliphatic carbocycles. The molecule has 0 bridgehead atoms. The lowest BCUT2D eigenvalue weighted by molar-refractivity contribution is 0.101. The molecule has 0 fully saturated rings. The average molecular weight is 364 g/mol. The number of carbonyl (C=O) groups excluding carboxylic acids is 1. The van der Waals surface area contributed by atoms with E-state index in [1.807, 2.05) is 42.5 Å². The van der Waals surface area contributed by atoms with Crippen LogP contribution in [0.2, 0.25) is 0 Å². The van der Waals surface area contributed by atoms with Crippen LogP contribution in [0.15, 0.2) is 66.7 Å². The first-order chi connectivity index (χ1) is 13.1. The van der Waals surface area contributed by atoms with Crippen molar-refractivity contribution in [1.29, 1.82) is 0 Å². The van der Waals surface area contributed by atoms with Gasteiger partial charge in [0.1, 0.15) is 6.61 Å². The van der Waals surface area contributed by atoms with E-state index in [1.165, 1.54) is 19.1 Å². The van der Waals surface area contributed by atoms with Gasteiger partial charge in [-0.25, -0.2) is 4.39 Å². The Morgan fingerprint density at radius 2 is 1.63 bits per heavy atom. The predicted octanol–water partition coefficient (Wildman–Crippen LogP) is 5.96. The molecular formula is C23H21FO3. The van der Waals surface area contributed by atoms with Gasteiger partial charge in [0.15, 0.2) is 28.8 Å². The largest absolute Gasteiger partial charge is 0.485 e. The number of hydrogen-bond acceptors (Lipinski definition) is 3. The van der Waals surface area contributed by atoms with Crippen molar-refractivity contribution >= 4 is 5.78 Å². The van der Waals surface area contributed by atoms with E-state index >= 15 is 0 Å². The summed E-state index contributed by atoms with van der Waals surface area (Å²) < 4.78 is 26.0. The zero-order valence-electron chi connectivity index (χ0n) is 15.4.